The molecule has 2 heterocycles. The van der Waals surface area contributed by atoms with E-state index in [9.17, 15) is 4.79 Å². The zero-order valence-electron chi connectivity index (χ0n) is 11.9. The van der Waals surface area contributed by atoms with Crippen molar-refractivity contribution in [1.29, 1.82) is 0 Å². The molecule has 0 atom stereocenters. The molecule has 0 saturated heterocycles. The molecule has 110 valence electrons. The number of hydrogen-bond donors (Lipinski definition) is 1. The number of carbonyl (C=O) groups excluding carboxylic acids is 1. The molecule has 1 aromatic carbocycles. The fourth-order valence-corrected chi connectivity index (χ4v) is 2.85. The number of aromatic nitrogens is 1. The number of benzene rings is 1. The maximum atomic E-state index is 12.0. The van der Waals surface area contributed by atoms with E-state index in [1.807, 2.05) is 24.4 Å². The number of rotatable bonds is 4. The largest absolute Gasteiger partial charge is 0.454 e. The average molecular weight is 304 g/mol. The lowest BCUT2D eigenvalue weighted by Gasteiger charge is -2.03. The van der Waals surface area contributed by atoms with Crippen molar-refractivity contribution in [2.45, 2.75) is 26.2 Å². The van der Waals surface area contributed by atoms with Gasteiger partial charge in [0, 0.05) is 11.1 Å². The summed E-state index contributed by atoms with van der Waals surface area (Å²) >= 11 is 1.51. The van der Waals surface area contributed by atoms with Crippen molar-refractivity contribution in [1.82, 2.24) is 4.98 Å². The summed E-state index contributed by atoms with van der Waals surface area (Å²) in [4.78, 5) is 17.4. The maximum absolute atomic E-state index is 12.0. The van der Waals surface area contributed by atoms with Crippen molar-refractivity contribution in [3.8, 4) is 11.5 Å². The van der Waals surface area contributed by atoms with Gasteiger partial charge < -0.3 is 14.8 Å². The van der Waals surface area contributed by atoms with Crippen LogP contribution in [0.2, 0.25) is 0 Å². The molecule has 0 spiro atoms. The molecule has 1 aliphatic rings. The first kappa shape index (κ1) is 13.9. The molecule has 1 aliphatic heterocycles. The van der Waals surface area contributed by atoms with Crippen LogP contribution in [0.15, 0.2) is 24.4 Å². The van der Waals surface area contributed by atoms with Crippen LogP contribution in [0.5, 0.6) is 11.5 Å². The summed E-state index contributed by atoms with van der Waals surface area (Å²) in [5.41, 5.74) is 0.886. The van der Waals surface area contributed by atoms with Crippen molar-refractivity contribution >= 4 is 22.4 Å². The molecule has 1 amide bonds. The molecule has 0 bridgehead atoms. The van der Waals surface area contributed by atoms with E-state index in [2.05, 4.69) is 24.1 Å². The van der Waals surface area contributed by atoms with Crippen molar-refractivity contribution in [2.75, 3.05) is 12.1 Å². The van der Waals surface area contributed by atoms with Gasteiger partial charge in [0.1, 0.15) is 0 Å². The quantitative estimate of drug-likeness (QED) is 0.942. The molecule has 0 radical (unpaired) electrons. The summed E-state index contributed by atoms with van der Waals surface area (Å²) in [6.45, 7) is 4.44. The maximum Gasteiger partial charge on any atom is 0.231 e. The van der Waals surface area contributed by atoms with Crippen LogP contribution in [0, 0.1) is 0 Å². The number of anilines is 1. The zero-order valence-corrected chi connectivity index (χ0v) is 12.7. The lowest BCUT2D eigenvalue weighted by molar-refractivity contribution is -0.115. The van der Waals surface area contributed by atoms with Gasteiger partial charge in [-0.2, -0.15) is 0 Å². The van der Waals surface area contributed by atoms with Crippen LogP contribution in [-0.2, 0) is 11.2 Å². The van der Waals surface area contributed by atoms with Gasteiger partial charge in [-0.15, -0.1) is 11.3 Å². The molecule has 1 aromatic heterocycles. The molecule has 5 nitrogen and oxygen atoms in total. The first-order valence-electron chi connectivity index (χ1n) is 6.76. The van der Waals surface area contributed by atoms with Gasteiger partial charge >= 0.3 is 0 Å². The van der Waals surface area contributed by atoms with Crippen molar-refractivity contribution < 1.29 is 14.3 Å². The molecule has 2 aromatic rings. The molecule has 0 unspecified atom stereocenters. The van der Waals surface area contributed by atoms with Crippen LogP contribution in [0.3, 0.4) is 0 Å². The lowest BCUT2D eigenvalue weighted by Crippen LogP contribution is -2.14. The second-order valence-electron chi connectivity index (χ2n) is 5.14. The second kappa shape index (κ2) is 5.73. The highest BCUT2D eigenvalue weighted by molar-refractivity contribution is 7.15. The Morgan fingerprint density at radius 3 is 2.95 bits per heavy atom. The Kier molecular flexibility index (Phi) is 3.79. The minimum atomic E-state index is -0.0847. The van der Waals surface area contributed by atoms with Gasteiger partial charge in [0.15, 0.2) is 16.6 Å². The van der Waals surface area contributed by atoms with Gasteiger partial charge in [0.25, 0.3) is 0 Å². The van der Waals surface area contributed by atoms with E-state index in [0.717, 1.165) is 16.2 Å². The normalized spacial score (nSPS) is 12.7. The molecule has 3 rings (SSSR count). The van der Waals surface area contributed by atoms with Crippen LogP contribution in [0.4, 0.5) is 5.13 Å². The van der Waals surface area contributed by atoms with Crippen LogP contribution < -0.4 is 14.8 Å². The van der Waals surface area contributed by atoms with E-state index in [4.69, 9.17) is 9.47 Å². The predicted molar refractivity (Wildman–Crippen MR) is 81.1 cm³/mol. The number of fused-ring (bicyclic) bond motifs is 1. The molecular weight excluding hydrogens is 288 g/mol. The number of nitrogens with zero attached hydrogens (tertiary/aromatic N) is 1. The Morgan fingerprint density at radius 2 is 2.19 bits per heavy atom. The fraction of sp³-hybridized carbons (Fsp3) is 0.333. The highest BCUT2D eigenvalue weighted by atomic mass is 32.1. The summed E-state index contributed by atoms with van der Waals surface area (Å²) in [7, 11) is 0. The van der Waals surface area contributed by atoms with Gasteiger partial charge in [-0.1, -0.05) is 19.9 Å². The highest BCUT2D eigenvalue weighted by Gasteiger charge is 2.15. The minimum Gasteiger partial charge on any atom is -0.454 e. The third-order valence-electron chi connectivity index (χ3n) is 3.14. The van der Waals surface area contributed by atoms with Gasteiger partial charge in [-0.25, -0.2) is 4.98 Å². The Bertz CT molecular complexity index is 667. The predicted octanol–water partition coefficient (Wildman–Crippen LogP) is 3.18. The SMILES string of the molecule is CC(C)c1cnc(NC(=O)Cc2ccc3c(c2)OCO3)s1. The zero-order chi connectivity index (χ0) is 14.8. The van der Waals surface area contributed by atoms with Crippen LogP contribution in [-0.4, -0.2) is 17.7 Å². The highest BCUT2D eigenvalue weighted by Crippen LogP contribution is 2.32. The Hall–Kier alpha value is -2.08. The fourth-order valence-electron chi connectivity index (χ4n) is 2.01. The second-order valence-corrected chi connectivity index (χ2v) is 6.20. The van der Waals surface area contributed by atoms with Gasteiger partial charge in [-0.05, 0) is 23.6 Å². The number of carbonyl (C=O) groups is 1. The topological polar surface area (TPSA) is 60.5 Å². The molecule has 21 heavy (non-hydrogen) atoms. The Labute approximate surface area is 126 Å². The standard InChI is InChI=1S/C15H16N2O3S/c1-9(2)13-7-16-15(21-13)17-14(18)6-10-3-4-11-12(5-10)20-8-19-11/h3-5,7,9H,6,8H2,1-2H3,(H,16,17,18). The molecule has 0 aliphatic carbocycles. The monoisotopic (exact) mass is 304 g/mol. The minimum absolute atomic E-state index is 0.0847. The van der Waals surface area contributed by atoms with Crippen molar-refractivity contribution in [3.63, 3.8) is 0 Å². The summed E-state index contributed by atoms with van der Waals surface area (Å²) < 4.78 is 10.6. The summed E-state index contributed by atoms with van der Waals surface area (Å²) in [5.74, 6) is 1.75. The summed E-state index contributed by atoms with van der Waals surface area (Å²) in [6.07, 6.45) is 2.10. The van der Waals surface area contributed by atoms with Crippen LogP contribution >= 0.6 is 11.3 Å². The number of nitrogens with one attached hydrogen (secondary N) is 1. The number of amides is 1. The summed E-state index contributed by atoms with van der Waals surface area (Å²) in [6, 6.07) is 5.53. The summed E-state index contributed by atoms with van der Waals surface area (Å²) in [5, 5.41) is 3.47. The van der Waals surface area contributed by atoms with E-state index in [0.29, 0.717) is 16.8 Å². The van der Waals surface area contributed by atoms with E-state index < -0.39 is 0 Å². The average Bonchev–Trinajstić information content (AvgIpc) is 3.06. The van der Waals surface area contributed by atoms with E-state index in [1.165, 1.54) is 11.3 Å². The van der Waals surface area contributed by atoms with E-state index in [-0.39, 0.29) is 19.1 Å². The first-order valence-corrected chi connectivity index (χ1v) is 7.57. The molecular formula is C15H16N2O3S. The third kappa shape index (κ3) is 3.16. The van der Waals surface area contributed by atoms with Gasteiger partial charge in [0.05, 0.1) is 6.42 Å². The van der Waals surface area contributed by atoms with E-state index >= 15 is 0 Å². The smallest absolute Gasteiger partial charge is 0.231 e. The lowest BCUT2D eigenvalue weighted by atomic mass is 10.1. The molecule has 0 fully saturated rings. The van der Waals surface area contributed by atoms with Gasteiger partial charge in [0.2, 0.25) is 12.7 Å². The van der Waals surface area contributed by atoms with E-state index in [1.54, 1.807) is 0 Å². The molecule has 1 N–H and O–H groups in total. The van der Waals surface area contributed by atoms with Crippen LogP contribution in [0.25, 0.3) is 0 Å². The number of ether oxygens (including phenoxy) is 2. The first-order chi connectivity index (χ1) is 10.1. The number of hydrogen-bond acceptors (Lipinski definition) is 5. The van der Waals surface area contributed by atoms with Crippen LogP contribution in [0.1, 0.15) is 30.2 Å². The third-order valence-corrected chi connectivity index (χ3v) is 4.35. The van der Waals surface area contributed by atoms with Crippen molar-refractivity contribution in [3.05, 3.63) is 34.8 Å². The number of thiazole rings is 1. The van der Waals surface area contributed by atoms with Gasteiger partial charge in [-0.3, -0.25) is 4.79 Å². The Balaban J connectivity index is 1.63. The van der Waals surface area contributed by atoms with Crippen molar-refractivity contribution in [2.24, 2.45) is 0 Å². The molecule has 0 saturated carbocycles. The molecule has 6 heteroatoms. The Morgan fingerprint density at radius 1 is 1.38 bits per heavy atom.